The van der Waals surface area contributed by atoms with E-state index >= 15 is 0 Å². The second kappa shape index (κ2) is 7.75. The molecule has 1 atom stereocenters. The van der Waals surface area contributed by atoms with Gasteiger partial charge < -0.3 is 5.11 Å². The van der Waals surface area contributed by atoms with Crippen molar-refractivity contribution in [2.24, 2.45) is 5.92 Å². The summed E-state index contributed by atoms with van der Waals surface area (Å²) in [5.74, 6) is -0.828. The van der Waals surface area contributed by atoms with Crippen molar-refractivity contribution in [2.75, 3.05) is 27.2 Å². The lowest BCUT2D eigenvalue weighted by molar-refractivity contribution is 0.0697. The fraction of sp³-hybridized carbons (Fsp3) is 0.368. The second-order valence-corrected chi connectivity index (χ2v) is 9.01. The van der Waals surface area contributed by atoms with Gasteiger partial charge in [0.2, 0.25) is 0 Å². The standard InChI is InChI=1S/C19H23N3O4S/c1-21(2)27(25,26)22-11-9-14(13-22)12-15-6-5-10-20-18(15)16-7-3-4-8-17(16)19(23)24/h3-8,10,14H,9,11-13H2,1-2H3,(H,23,24)/t14-/m1/s1. The molecule has 0 aliphatic carbocycles. The minimum Gasteiger partial charge on any atom is -0.478 e. The van der Waals surface area contributed by atoms with E-state index in [0.717, 1.165) is 12.0 Å². The van der Waals surface area contributed by atoms with Crippen molar-refractivity contribution in [1.29, 1.82) is 0 Å². The van der Waals surface area contributed by atoms with E-state index in [1.54, 1.807) is 30.5 Å². The van der Waals surface area contributed by atoms with E-state index in [9.17, 15) is 18.3 Å². The third kappa shape index (κ3) is 4.02. The fourth-order valence-corrected chi connectivity index (χ4v) is 4.63. The predicted octanol–water partition coefficient (Wildman–Crippen LogP) is 2.12. The van der Waals surface area contributed by atoms with Gasteiger partial charge in [-0.15, -0.1) is 0 Å². The molecule has 2 aromatic rings. The van der Waals surface area contributed by atoms with Gasteiger partial charge in [-0.3, -0.25) is 4.98 Å². The molecule has 0 bridgehead atoms. The van der Waals surface area contributed by atoms with E-state index in [1.807, 2.05) is 12.1 Å². The maximum absolute atomic E-state index is 12.3. The minimum atomic E-state index is -3.41. The SMILES string of the molecule is CN(C)S(=O)(=O)N1CC[C@H](Cc2cccnc2-c2ccccc2C(=O)O)C1. The van der Waals surface area contributed by atoms with Crippen molar-refractivity contribution in [1.82, 2.24) is 13.6 Å². The van der Waals surface area contributed by atoms with Crippen LogP contribution >= 0.6 is 0 Å². The maximum Gasteiger partial charge on any atom is 0.336 e. The van der Waals surface area contributed by atoms with E-state index in [4.69, 9.17) is 0 Å². The highest BCUT2D eigenvalue weighted by Crippen LogP contribution is 2.30. The molecule has 7 nitrogen and oxygen atoms in total. The summed E-state index contributed by atoms with van der Waals surface area (Å²) in [5.41, 5.74) is 2.36. The Hall–Kier alpha value is -2.29. The topological polar surface area (TPSA) is 90.8 Å². The van der Waals surface area contributed by atoms with Crippen LogP contribution in [0, 0.1) is 5.92 Å². The summed E-state index contributed by atoms with van der Waals surface area (Å²) in [6, 6.07) is 10.6. The molecular formula is C19H23N3O4S. The van der Waals surface area contributed by atoms with Gasteiger partial charge in [0, 0.05) is 38.9 Å². The molecule has 144 valence electrons. The molecule has 1 fully saturated rings. The van der Waals surface area contributed by atoms with Gasteiger partial charge in [-0.25, -0.2) is 4.79 Å². The molecule has 27 heavy (non-hydrogen) atoms. The number of pyridine rings is 1. The molecule has 0 saturated carbocycles. The molecule has 1 aliphatic heterocycles. The first-order valence-corrected chi connectivity index (χ1v) is 10.1. The molecule has 1 saturated heterocycles. The van der Waals surface area contributed by atoms with Crippen LogP contribution in [-0.4, -0.2) is 60.3 Å². The monoisotopic (exact) mass is 389 g/mol. The summed E-state index contributed by atoms with van der Waals surface area (Å²) in [5, 5.41) is 9.47. The number of hydrogen-bond acceptors (Lipinski definition) is 4. The lowest BCUT2D eigenvalue weighted by Gasteiger charge is -2.21. The first-order chi connectivity index (χ1) is 12.8. The van der Waals surface area contributed by atoms with Gasteiger partial charge in [-0.05, 0) is 36.5 Å². The number of carbonyl (C=O) groups is 1. The van der Waals surface area contributed by atoms with Crippen LogP contribution in [0.15, 0.2) is 42.6 Å². The Bertz CT molecular complexity index is 943. The molecular weight excluding hydrogens is 366 g/mol. The molecule has 1 aliphatic rings. The van der Waals surface area contributed by atoms with E-state index in [2.05, 4.69) is 4.98 Å². The number of aromatic nitrogens is 1. The molecule has 1 aromatic carbocycles. The highest BCUT2D eigenvalue weighted by molar-refractivity contribution is 7.86. The average molecular weight is 389 g/mol. The molecule has 1 N–H and O–H groups in total. The first-order valence-electron chi connectivity index (χ1n) is 8.75. The number of aromatic carboxylic acids is 1. The summed E-state index contributed by atoms with van der Waals surface area (Å²) in [6.07, 6.45) is 3.06. The number of hydrogen-bond donors (Lipinski definition) is 1. The third-order valence-electron chi connectivity index (χ3n) is 4.85. The van der Waals surface area contributed by atoms with Gasteiger partial charge in [-0.2, -0.15) is 17.0 Å². The van der Waals surface area contributed by atoms with E-state index in [-0.39, 0.29) is 11.5 Å². The van der Waals surface area contributed by atoms with Crippen LogP contribution in [0.25, 0.3) is 11.3 Å². The number of rotatable bonds is 6. The van der Waals surface area contributed by atoms with Gasteiger partial charge >= 0.3 is 5.97 Å². The van der Waals surface area contributed by atoms with Crippen molar-refractivity contribution < 1.29 is 18.3 Å². The molecule has 0 radical (unpaired) electrons. The summed E-state index contributed by atoms with van der Waals surface area (Å²) in [6.45, 7) is 0.946. The largest absolute Gasteiger partial charge is 0.478 e. The molecule has 2 heterocycles. The van der Waals surface area contributed by atoms with Crippen LogP contribution in [-0.2, 0) is 16.6 Å². The summed E-state index contributed by atoms with van der Waals surface area (Å²) in [4.78, 5) is 16.0. The number of nitrogens with zero attached hydrogens (tertiary/aromatic N) is 3. The Kier molecular flexibility index (Phi) is 5.59. The predicted molar refractivity (Wildman–Crippen MR) is 103 cm³/mol. The van der Waals surface area contributed by atoms with E-state index < -0.39 is 16.2 Å². The molecule has 1 aromatic heterocycles. The normalized spacial score (nSPS) is 18.1. The van der Waals surface area contributed by atoms with Gasteiger partial charge in [0.1, 0.15) is 0 Å². The van der Waals surface area contributed by atoms with Crippen molar-refractivity contribution in [3.8, 4) is 11.3 Å². The minimum absolute atomic E-state index is 0.166. The zero-order valence-electron chi connectivity index (χ0n) is 15.4. The summed E-state index contributed by atoms with van der Waals surface area (Å²) < 4.78 is 27.4. The van der Waals surface area contributed by atoms with Crippen LogP contribution in [0.2, 0.25) is 0 Å². The lowest BCUT2D eigenvalue weighted by Crippen LogP contribution is -2.38. The lowest BCUT2D eigenvalue weighted by atomic mass is 9.93. The highest BCUT2D eigenvalue weighted by Gasteiger charge is 2.33. The smallest absolute Gasteiger partial charge is 0.336 e. The Morgan fingerprint density at radius 1 is 1.26 bits per heavy atom. The average Bonchev–Trinajstić information content (AvgIpc) is 3.11. The zero-order chi connectivity index (χ0) is 19.6. The Morgan fingerprint density at radius 2 is 2.00 bits per heavy atom. The van der Waals surface area contributed by atoms with Crippen molar-refractivity contribution in [3.63, 3.8) is 0 Å². The van der Waals surface area contributed by atoms with Crippen molar-refractivity contribution in [3.05, 3.63) is 53.7 Å². The molecule has 0 spiro atoms. The van der Waals surface area contributed by atoms with Gasteiger partial charge in [-0.1, -0.05) is 24.3 Å². The van der Waals surface area contributed by atoms with Gasteiger partial charge in [0.15, 0.2) is 0 Å². The maximum atomic E-state index is 12.3. The molecule has 0 unspecified atom stereocenters. The van der Waals surface area contributed by atoms with Crippen LogP contribution in [0.1, 0.15) is 22.3 Å². The molecule has 8 heteroatoms. The fourth-order valence-electron chi connectivity index (χ4n) is 3.44. The van der Waals surface area contributed by atoms with Crippen LogP contribution < -0.4 is 0 Å². The number of carboxylic acid groups (broad SMARTS) is 1. The Labute approximate surface area is 159 Å². The van der Waals surface area contributed by atoms with Gasteiger partial charge in [0.25, 0.3) is 10.2 Å². The van der Waals surface area contributed by atoms with Crippen molar-refractivity contribution >= 4 is 16.2 Å². The summed E-state index contributed by atoms with van der Waals surface area (Å²) >= 11 is 0. The summed E-state index contributed by atoms with van der Waals surface area (Å²) in [7, 11) is -0.344. The number of carboxylic acids is 1. The van der Waals surface area contributed by atoms with Crippen LogP contribution in [0.4, 0.5) is 0 Å². The third-order valence-corrected chi connectivity index (χ3v) is 6.76. The highest BCUT2D eigenvalue weighted by atomic mass is 32.2. The van der Waals surface area contributed by atoms with E-state index in [1.165, 1.54) is 22.7 Å². The zero-order valence-corrected chi connectivity index (χ0v) is 16.2. The van der Waals surface area contributed by atoms with Crippen molar-refractivity contribution in [2.45, 2.75) is 12.8 Å². The van der Waals surface area contributed by atoms with Gasteiger partial charge in [0.05, 0.1) is 11.3 Å². The first kappa shape index (κ1) is 19.5. The molecule has 0 amide bonds. The quantitative estimate of drug-likeness (QED) is 0.817. The molecule has 3 rings (SSSR count). The second-order valence-electron chi connectivity index (χ2n) is 6.87. The van der Waals surface area contributed by atoms with Crippen LogP contribution in [0.5, 0.6) is 0 Å². The number of benzene rings is 1. The Balaban J connectivity index is 1.86. The van der Waals surface area contributed by atoms with Crippen LogP contribution in [0.3, 0.4) is 0 Å². The van der Waals surface area contributed by atoms with E-state index in [0.29, 0.717) is 30.8 Å². The Morgan fingerprint density at radius 3 is 2.70 bits per heavy atom.